The molecule has 0 amide bonds. The molecule has 2 aromatic rings. The number of aliphatic hydroxyl groups excluding tert-OH is 3. The summed E-state index contributed by atoms with van der Waals surface area (Å²) < 4.78 is 29.9. The normalized spacial score (nSPS) is 20.3. The van der Waals surface area contributed by atoms with Crippen LogP contribution in [0.2, 0.25) is 0 Å². The summed E-state index contributed by atoms with van der Waals surface area (Å²) in [7, 11) is -3.47. The lowest BCUT2D eigenvalue weighted by atomic mass is 9.94. The molecule has 2 atom stereocenters. The van der Waals surface area contributed by atoms with Crippen molar-refractivity contribution in [1.29, 1.82) is 0 Å². The Kier molecular flexibility index (Phi) is 6.69. The summed E-state index contributed by atoms with van der Waals surface area (Å²) in [4.78, 5) is 4.36. The van der Waals surface area contributed by atoms with Gasteiger partial charge in [0.05, 0.1) is 24.2 Å². The second kappa shape index (κ2) is 9.04. The summed E-state index contributed by atoms with van der Waals surface area (Å²) in [6.45, 7) is 0.946. The van der Waals surface area contributed by atoms with Crippen LogP contribution in [0.5, 0.6) is 0 Å². The molecule has 0 saturated carbocycles. The lowest BCUT2D eigenvalue weighted by Crippen LogP contribution is -2.29. The van der Waals surface area contributed by atoms with E-state index in [1.54, 1.807) is 37.4 Å². The molecule has 2 aromatic heterocycles. The number of furan rings is 1. The van der Waals surface area contributed by atoms with E-state index >= 15 is 0 Å². The van der Waals surface area contributed by atoms with Gasteiger partial charge in [-0.3, -0.25) is 4.98 Å². The standard InChI is InChI=1S/C21H25NO6S/c1-14-13-29(26,27)20(12-24)21(14)19(25)8-5-15(18-4-2-3-9-22-18)10-16-6-7-17(11-23)28-16/h2-4,6-7,9-10,19-20,23-25H,5,8,11-13H2,1H3/b15-10-/t19-,20+/m1/s1. The second-order valence-electron chi connectivity index (χ2n) is 7.12. The smallest absolute Gasteiger partial charge is 0.163 e. The van der Waals surface area contributed by atoms with Crippen LogP contribution in [0.4, 0.5) is 0 Å². The summed E-state index contributed by atoms with van der Waals surface area (Å²) in [6, 6.07) is 8.92. The van der Waals surface area contributed by atoms with Gasteiger partial charge < -0.3 is 19.7 Å². The van der Waals surface area contributed by atoms with Gasteiger partial charge in [0.2, 0.25) is 0 Å². The van der Waals surface area contributed by atoms with Gasteiger partial charge in [0.1, 0.15) is 23.4 Å². The van der Waals surface area contributed by atoms with Crippen LogP contribution in [0.15, 0.2) is 52.1 Å². The molecule has 8 heteroatoms. The first-order valence-electron chi connectivity index (χ1n) is 9.37. The maximum Gasteiger partial charge on any atom is 0.163 e. The molecule has 7 nitrogen and oxygen atoms in total. The predicted molar refractivity (Wildman–Crippen MR) is 109 cm³/mol. The Morgan fingerprint density at radius 1 is 1.31 bits per heavy atom. The van der Waals surface area contributed by atoms with Crippen molar-refractivity contribution >= 4 is 21.5 Å². The van der Waals surface area contributed by atoms with Gasteiger partial charge in [-0.1, -0.05) is 11.6 Å². The van der Waals surface area contributed by atoms with Crippen molar-refractivity contribution in [2.24, 2.45) is 0 Å². The number of pyridine rings is 1. The monoisotopic (exact) mass is 419 g/mol. The molecule has 0 spiro atoms. The molecule has 3 heterocycles. The minimum atomic E-state index is -3.47. The third-order valence-corrected chi connectivity index (χ3v) is 7.16. The Hall–Kier alpha value is -2.26. The Morgan fingerprint density at radius 3 is 2.72 bits per heavy atom. The Morgan fingerprint density at radius 2 is 2.10 bits per heavy atom. The SMILES string of the molecule is CC1=C([C@H](O)CC/C(=C/c2ccc(CO)o2)c2ccccn2)[C@H](CO)S(=O)(=O)C1. The van der Waals surface area contributed by atoms with E-state index in [1.165, 1.54) is 0 Å². The summed E-state index contributed by atoms with van der Waals surface area (Å²) in [5.74, 6) is 0.861. The number of aromatic nitrogens is 1. The molecule has 0 aliphatic carbocycles. The first kappa shape index (κ1) is 21.4. The van der Waals surface area contributed by atoms with E-state index in [0.717, 1.165) is 5.57 Å². The van der Waals surface area contributed by atoms with E-state index < -0.39 is 27.8 Å². The van der Waals surface area contributed by atoms with Crippen molar-refractivity contribution in [1.82, 2.24) is 4.98 Å². The van der Waals surface area contributed by atoms with Crippen LogP contribution < -0.4 is 0 Å². The van der Waals surface area contributed by atoms with Gasteiger partial charge in [-0.2, -0.15) is 0 Å². The predicted octanol–water partition coefficient (Wildman–Crippen LogP) is 1.95. The van der Waals surface area contributed by atoms with E-state index in [1.807, 2.05) is 12.1 Å². The molecule has 1 aliphatic rings. The van der Waals surface area contributed by atoms with Gasteiger partial charge in [0.15, 0.2) is 9.84 Å². The van der Waals surface area contributed by atoms with Crippen LogP contribution in [0, 0.1) is 0 Å². The summed E-state index contributed by atoms with van der Waals surface area (Å²) in [6.07, 6.45) is 3.17. The molecule has 0 aromatic carbocycles. The highest BCUT2D eigenvalue weighted by Gasteiger charge is 2.39. The molecule has 3 rings (SSSR count). The van der Waals surface area contributed by atoms with Crippen molar-refractivity contribution in [3.05, 3.63) is 64.9 Å². The number of hydrogen-bond acceptors (Lipinski definition) is 7. The van der Waals surface area contributed by atoms with Crippen LogP contribution in [0.1, 0.15) is 37.0 Å². The Balaban J connectivity index is 1.83. The van der Waals surface area contributed by atoms with Crippen LogP contribution >= 0.6 is 0 Å². The van der Waals surface area contributed by atoms with Crippen molar-refractivity contribution in [2.45, 2.75) is 37.7 Å². The molecule has 0 saturated heterocycles. The highest BCUT2D eigenvalue weighted by atomic mass is 32.2. The number of rotatable bonds is 8. The molecule has 3 N–H and O–H groups in total. The fraction of sp³-hybridized carbons (Fsp3) is 0.381. The van der Waals surface area contributed by atoms with Crippen LogP contribution in [-0.4, -0.2) is 52.4 Å². The first-order valence-corrected chi connectivity index (χ1v) is 11.1. The summed E-state index contributed by atoms with van der Waals surface area (Å²) >= 11 is 0. The molecular weight excluding hydrogens is 394 g/mol. The molecule has 0 fully saturated rings. The zero-order chi connectivity index (χ0) is 21.0. The molecule has 156 valence electrons. The molecule has 0 bridgehead atoms. The lowest BCUT2D eigenvalue weighted by molar-refractivity contribution is 0.190. The quantitative estimate of drug-likeness (QED) is 0.559. The summed E-state index contributed by atoms with van der Waals surface area (Å²) in [5, 5.41) is 28.4. The third-order valence-electron chi connectivity index (χ3n) is 5.05. The maximum atomic E-state index is 12.2. The van der Waals surface area contributed by atoms with E-state index in [0.29, 0.717) is 34.8 Å². The van der Waals surface area contributed by atoms with Crippen LogP contribution in [0.3, 0.4) is 0 Å². The van der Waals surface area contributed by atoms with E-state index in [4.69, 9.17) is 4.42 Å². The first-order chi connectivity index (χ1) is 13.9. The Labute approximate surface area is 170 Å². The van der Waals surface area contributed by atoms with E-state index in [9.17, 15) is 23.7 Å². The molecule has 29 heavy (non-hydrogen) atoms. The van der Waals surface area contributed by atoms with Crippen molar-refractivity contribution in [2.75, 3.05) is 12.4 Å². The van der Waals surface area contributed by atoms with Crippen LogP contribution in [-0.2, 0) is 16.4 Å². The van der Waals surface area contributed by atoms with Gasteiger partial charge in [0.25, 0.3) is 0 Å². The fourth-order valence-electron chi connectivity index (χ4n) is 3.67. The molecule has 0 radical (unpaired) electrons. The van der Waals surface area contributed by atoms with Crippen molar-refractivity contribution in [3.63, 3.8) is 0 Å². The van der Waals surface area contributed by atoms with Gasteiger partial charge >= 0.3 is 0 Å². The topological polar surface area (TPSA) is 121 Å². The number of hydrogen-bond donors (Lipinski definition) is 3. The molecule has 1 aliphatic heterocycles. The van der Waals surface area contributed by atoms with E-state index in [2.05, 4.69) is 4.98 Å². The van der Waals surface area contributed by atoms with Gasteiger partial charge in [-0.05, 0) is 61.3 Å². The zero-order valence-corrected chi connectivity index (χ0v) is 17.0. The largest absolute Gasteiger partial charge is 0.459 e. The average Bonchev–Trinajstić information content (AvgIpc) is 3.25. The highest BCUT2D eigenvalue weighted by molar-refractivity contribution is 7.92. The zero-order valence-electron chi connectivity index (χ0n) is 16.2. The number of aliphatic hydroxyl groups is 3. The Bertz CT molecular complexity index is 1010. The van der Waals surface area contributed by atoms with Gasteiger partial charge in [-0.25, -0.2) is 8.42 Å². The van der Waals surface area contributed by atoms with Crippen molar-refractivity contribution < 1.29 is 28.2 Å². The number of nitrogens with zero attached hydrogens (tertiary/aromatic N) is 1. The molecule has 0 unspecified atom stereocenters. The van der Waals surface area contributed by atoms with E-state index in [-0.39, 0.29) is 18.8 Å². The van der Waals surface area contributed by atoms with Gasteiger partial charge in [-0.15, -0.1) is 0 Å². The minimum Gasteiger partial charge on any atom is -0.459 e. The number of allylic oxidation sites excluding steroid dienone is 1. The van der Waals surface area contributed by atoms with Crippen molar-refractivity contribution in [3.8, 4) is 0 Å². The molecular formula is C21H25NO6S. The maximum absolute atomic E-state index is 12.2. The third kappa shape index (κ3) is 4.84. The van der Waals surface area contributed by atoms with Crippen LogP contribution in [0.25, 0.3) is 11.6 Å². The summed E-state index contributed by atoms with van der Waals surface area (Å²) in [5.41, 5.74) is 2.51. The average molecular weight is 419 g/mol. The minimum absolute atomic E-state index is 0.135. The lowest BCUT2D eigenvalue weighted by Gasteiger charge is -2.19. The highest BCUT2D eigenvalue weighted by Crippen LogP contribution is 2.32. The fourth-order valence-corrected chi connectivity index (χ4v) is 5.61. The van der Waals surface area contributed by atoms with Gasteiger partial charge in [0, 0.05) is 6.20 Å². The second-order valence-corrected chi connectivity index (χ2v) is 9.30. The number of sulfone groups is 1.